The molecule has 0 aromatic heterocycles. The van der Waals surface area contributed by atoms with Crippen molar-refractivity contribution in [3.05, 3.63) is 5.41 Å². The monoisotopic (exact) mass is 128 g/mol. The highest BCUT2D eigenvalue weighted by molar-refractivity contribution is 5.80. The van der Waals surface area contributed by atoms with Gasteiger partial charge in [0.25, 0.3) is 0 Å². The Morgan fingerprint density at radius 2 is 2.22 bits per heavy atom. The van der Waals surface area contributed by atoms with E-state index in [1.165, 1.54) is 12.8 Å². The van der Waals surface area contributed by atoms with Crippen LogP contribution in [0.2, 0.25) is 0 Å². The summed E-state index contributed by atoms with van der Waals surface area (Å²) in [6.07, 6.45) is 3.44. The molecule has 0 saturated carbocycles. The van der Waals surface area contributed by atoms with Gasteiger partial charge >= 0.3 is 0 Å². The Labute approximate surface area is 56.1 Å². The van der Waals surface area contributed by atoms with E-state index in [1.54, 1.807) is 0 Å². The quantitative estimate of drug-likeness (QED) is 0.332. The zero-order valence-corrected chi connectivity index (χ0v) is 5.85. The van der Waals surface area contributed by atoms with E-state index >= 15 is 0 Å². The largest absolute Gasteiger partial charge is 0.454 e. The van der Waals surface area contributed by atoms with E-state index in [2.05, 4.69) is 12.2 Å². The van der Waals surface area contributed by atoms with E-state index in [0.29, 0.717) is 0 Å². The van der Waals surface area contributed by atoms with Crippen molar-refractivity contribution >= 4 is 5.96 Å². The predicted molar refractivity (Wildman–Crippen MR) is 40.1 cm³/mol. The van der Waals surface area contributed by atoms with Crippen LogP contribution in [0.3, 0.4) is 0 Å². The van der Waals surface area contributed by atoms with Crippen LogP contribution in [0.1, 0.15) is 26.2 Å². The molecule has 0 unspecified atom stereocenters. The number of unbranched alkanes of at least 4 members (excludes halogenated alkanes) is 2. The van der Waals surface area contributed by atoms with Crippen LogP contribution < -0.4 is 11.1 Å². The zero-order chi connectivity index (χ0) is 7.11. The van der Waals surface area contributed by atoms with Crippen LogP contribution in [0.15, 0.2) is 0 Å². The van der Waals surface area contributed by atoms with E-state index in [1.807, 2.05) is 0 Å². The van der Waals surface area contributed by atoms with Gasteiger partial charge in [-0.05, 0) is 13.0 Å². The Hall–Kier alpha value is -0.730. The number of hydrogen-bond acceptors (Lipinski definition) is 0. The smallest absolute Gasteiger partial charge is 0.00195 e. The van der Waals surface area contributed by atoms with E-state index < -0.39 is 0 Å². The maximum Gasteiger partial charge on any atom is 0.00195 e. The molecule has 0 spiro atoms. The van der Waals surface area contributed by atoms with Gasteiger partial charge in [0.05, 0.1) is 0 Å². The molecule has 0 rings (SSSR count). The molecule has 0 heterocycles. The molecule has 0 bridgehead atoms. The van der Waals surface area contributed by atoms with Crippen molar-refractivity contribution in [2.45, 2.75) is 26.2 Å². The van der Waals surface area contributed by atoms with Gasteiger partial charge in [-0.25, -0.2) is 0 Å². The van der Waals surface area contributed by atoms with Crippen molar-refractivity contribution in [3.8, 4) is 0 Å². The zero-order valence-electron chi connectivity index (χ0n) is 5.85. The highest BCUT2D eigenvalue weighted by Crippen LogP contribution is 1.90. The summed E-state index contributed by atoms with van der Waals surface area (Å²) >= 11 is 0. The third-order valence-electron chi connectivity index (χ3n) is 1.09. The lowest BCUT2D eigenvalue weighted by molar-refractivity contribution is 0.695. The minimum absolute atomic E-state index is 0.175. The van der Waals surface area contributed by atoms with Crippen LogP contribution in [0, 0.1) is 0 Å². The maximum absolute atomic E-state index is 8.44. The molecule has 3 heteroatoms. The first kappa shape index (κ1) is 8.27. The molecule has 0 aliphatic carbocycles. The number of rotatable bonds is 4. The molecule has 0 amide bonds. The Morgan fingerprint density at radius 3 is 2.67 bits per heavy atom. The lowest BCUT2D eigenvalue weighted by Crippen LogP contribution is -2.30. The van der Waals surface area contributed by atoms with Crippen LogP contribution in [0.4, 0.5) is 0 Å². The molecule has 54 valence electrons. The summed E-state index contributed by atoms with van der Waals surface area (Å²) in [4.78, 5) is 0. The summed E-state index contributed by atoms with van der Waals surface area (Å²) in [5.74, 6) is -0.175. The van der Waals surface area contributed by atoms with Crippen molar-refractivity contribution in [2.24, 2.45) is 5.73 Å². The SMILES string of the molecule is CCCCCNC(=[N-])N. The van der Waals surface area contributed by atoms with Gasteiger partial charge in [-0.3, -0.25) is 0 Å². The molecule has 0 fully saturated rings. The fourth-order valence-corrected chi connectivity index (χ4v) is 0.591. The van der Waals surface area contributed by atoms with Gasteiger partial charge in [-0.1, -0.05) is 19.8 Å². The van der Waals surface area contributed by atoms with Gasteiger partial charge in [0, 0.05) is 5.96 Å². The summed E-state index contributed by atoms with van der Waals surface area (Å²) in [6.45, 7) is 2.90. The standard InChI is InChI=1S/C6H14N3/c1-2-3-4-5-9-6(7)8/h2-5H2,1H3,(H3-,7,8,9)/q-1. The Morgan fingerprint density at radius 1 is 1.56 bits per heavy atom. The number of nitrogens with two attached hydrogens (primary N) is 1. The van der Waals surface area contributed by atoms with Crippen molar-refractivity contribution in [1.82, 2.24) is 5.32 Å². The number of hydrogen-bond donors (Lipinski definition) is 2. The molecule has 0 aromatic carbocycles. The number of nitrogens with zero attached hydrogens (tertiary/aromatic N) is 1. The number of nitrogens with one attached hydrogen (secondary N) is 1. The van der Waals surface area contributed by atoms with Gasteiger partial charge in [0.2, 0.25) is 0 Å². The van der Waals surface area contributed by atoms with Crippen LogP contribution >= 0.6 is 0 Å². The van der Waals surface area contributed by atoms with Gasteiger partial charge < -0.3 is 16.5 Å². The van der Waals surface area contributed by atoms with E-state index in [-0.39, 0.29) is 5.96 Å². The van der Waals surface area contributed by atoms with E-state index in [4.69, 9.17) is 11.1 Å². The van der Waals surface area contributed by atoms with Crippen molar-refractivity contribution in [1.29, 1.82) is 0 Å². The fourth-order valence-electron chi connectivity index (χ4n) is 0.591. The average Bonchev–Trinajstić information content (AvgIpc) is 1.80. The first-order chi connectivity index (χ1) is 4.27. The molecule has 3 N–H and O–H groups in total. The fraction of sp³-hybridized carbons (Fsp3) is 0.833. The number of guanidine groups is 1. The van der Waals surface area contributed by atoms with Crippen molar-refractivity contribution < 1.29 is 0 Å². The van der Waals surface area contributed by atoms with Crippen LogP contribution in [-0.2, 0) is 0 Å². The first-order valence-electron chi connectivity index (χ1n) is 3.32. The van der Waals surface area contributed by atoms with Crippen LogP contribution in [0.5, 0.6) is 0 Å². The molecule has 0 aliphatic heterocycles. The van der Waals surface area contributed by atoms with Crippen molar-refractivity contribution in [3.63, 3.8) is 0 Å². The lowest BCUT2D eigenvalue weighted by atomic mass is 10.2. The molecule has 0 saturated heterocycles. The predicted octanol–water partition coefficient (Wildman–Crippen LogP) is 0.650. The van der Waals surface area contributed by atoms with Crippen LogP contribution in [-0.4, -0.2) is 12.5 Å². The van der Waals surface area contributed by atoms with Gasteiger partial charge in [0.1, 0.15) is 0 Å². The molecule has 0 atom stereocenters. The molecule has 9 heavy (non-hydrogen) atoms. The average molecular weight is 128 g/mol. The van der Waals surface area contributed by atoms with E-state index in [9.17, 15) is 0 Å². The van der Waals surface area contributed by atoms with Gasteiger partial charge in [-0.2, -0.15) is 0 Å². The highest BCUT2D eigenvalue weighted by atomic mass is 15.0. The van der Waals surface area contributed by atoms with E-state index in [0.717, 1.165) is 13.0 Å². The summed E-state index contributed by atoms with van der Waals surface area (Å²) in [6, 6.07) is 0. The van der Waals surface area contributed by atoms with Gasteiger partial charge in [-0.15, -0.1) is 0 Å². The summed E-state index contributed by atoms with van der Waals surface area (Å²) in [5.41, 5.74) is 4.94. The molecular formula is C6H14N3-. The second-order valence-electron chi connectivity index (χ2n) is 2.02. The molecule has 0 radical (unpaired) electrons. The molecular weight excluding hydrogens is 114 g/mol. The second-order valence-corrected chi connectivity index (χ2v) is 2.02. The highest BCUT2D eigenvalue weighted by Gasteiger charge is 1.80. The lowest BCUT2D eigenvalue weighted by Gasteiger charge is -2.08. The molecule has 0 aromatic rings. The normalized spacial score (nSPS) is 9.00. The second kappa shape index (κ2) is 5.41. The third kappa shape index (κ3) is 7.27. The summed E-state index contributed by atoms with van der Waals surface area (Å²) in [7, 11) is 0. The van der Waals surface area contributed by atoms with Gasteiger partial charge in [0.15, 0.2) is 0 Å². The third-order valence-corrected chi connectivity index (χ3v) is 1.09. The Balaban J connectivity index is 2.83. The first-order valence-corrected chi connectivity index (χ1v) is 3.32. The maximum atomic E-state index is 8.44. The topological polar surface area (TPSA) is 60.3 Å². The minimum Gasteiger partial charge on any atom is -0.454 e. The minimum atomic E-state index is -0.175. The summed E-state index contributed by atoms with van der Waals surface area (Å²) in [5, 5.41) is 11.1. The Bertz CT molecular complexity index is 80.4. The molecule has 3 nitrogen and oxygen atoms in total. The Kier molecular flexibility index (Phi) is 4.97. The van der Waals surface area contributed by atoms with Crippen LogP contribution in [0.25, 0.3) is 5.41 Å². The molecule has 0 aliphatic rings. The summed E-state index contributed by atoms with van der Waals surface area (Å²) < 4.78 is 0. The van der Waals surface area contributed by atoms with Crippen molar-refractivity contribution in [2.75, 3.05) is 6.54 Å².